The maximum atomic E-state index is 10.5. The van der Waals surface area contributed by atoms with Crippen LogP contribution in [0.1, 0.15) is 45.4 Å². The summed E-state index contributed by atoms with van der Waals surface area (Å²) >= 11 is 0. The minimum atomic E-state index is -0.685. The van der Waals surface area contributed by atoms with E-state index < -0.39 is 11.2 Å². The first kappa shape index (κ1) is 10.6. The van der Waals surface area contributed by atoms with Gasteiger partial charge >= 0.3 is 0 Å². The Kier molecular flexibility index (Phi) is 2.00. The summed E-state index contributed by atoms with van der Waals surface area (Å²) < 4.78 is 5.82. The average Bonchev–Trinajstić information content (AvgIpc) is 2.08. The predicted octanol–water partition coefficient (Wildman–Crippen LogP) is 1.74. The van der Waals surface area contributed by atoms with E-state index in [0.29, 0.717) is 25.2 Å². The van der Waals surface area contributed by atoms with Crippen LogP contribution < -0.4 is 0 Å². The lowest BCUT2D eigenvalue weighted by Crippen LogP contribution is -2.66. The normalized spacial score (nSPS) is 54.8. The Labute approximate surface area is 96.1 Å². The second-order valence-corrected chi connectivity index (χ2v) is 6.23. The topological polar surface area (TPSA) is 49.7 Å². The zero-order valence-corrected chi connectivity index (χ0v) is 9.78. The molecule has 16 heavy (non-hydrogen) atoms. The zero-order chi connectivity index (χ0) is 11.4. The van der Waals surface area contributed by atoms with E-state index in [1.807, 2.05) is 13.0 Å². The molecular formula is C13H20O3. The fourth-order valence-electron chi connectivity index (χ4n) is 4.59. The molecule has 3 heteroatoms. The Morgan fingerprint density at radius 2 is 1.69 bits per heavy atom. The summed E-state index contributed by atoms with van der Waals surface area (Å²) in [5.74, 6) is 0.427. The van der Waals surface area contributed by atoms with Crippen LogP contribution in [-0.2, 0) is 4.74 Å². The molecule has 2 atom stereocenters. The average molecular weight is 224 g/mol. The highest BCUT2D eigenvalue weighted by molar-refractivity contribution is 5.16. The van der Waals surface area contributed by atoms with Crippen molar-refractivity contribution in [2.75, 3.05) is 0 Å². The van der Waals surface area contributed by atoms with Crippen LogP contribution in [0.2, 0.25) is 0 Å². The second-order valence-electron chi connectivity index (χ2n) is 6.23. The molecule has 2 unspecified atom stereocenters. The number of rotatable bonds is 2. The first-order valence-electron chi connectivity index (χ1n) is 6.20. The van der Waals surface area contributed by atoms with Gasteiger partial charge < -0.3 is 14.9 Å². The molecule has 0 heterocycles. The lowest BCUT2D eigenvalue weighted by atomic mass is 9.50. The lowest BCUT2D eigenvalue weighted by Gasteiger charge is -2.62. The molecule has 3 nitrogen and oxygen atoms in total. The smallest absolute Gasteiger partial charge is 0.114 e. The summed E-state index contributed by atoms with van der Waals surface area (Å²) in [6.45, 7) is 1.92. The molecule has 4 aliphatic rings. The van der Waals surface area contributed by atoms with E-state index in [1.54, 1.807) is 6.26 Å². The maximum absolute atomic E-state index is 10.5. The number of allylic oxidation sites excluding steroid dienone is 1. The monoisotopic (exact) mass is 224 g/mol. The standard InChI is InChI=1S/C13H20O3/c1-2-3-16-13-6-10-4-11(14,8-13)7-12(15,5-10)9-13/h2-3,10,14-15H,4-9H2,1H3. The number of hydrogen-bond acceptors (Lipinski definition) is 3. The van der Waals surface area contributed by atoms with Crippen LogP contribution in [0.3, 0.4) is 0 Å². The highest BCUT2D eigenvalue weighted by Crippen LogP contribution is 2.60. The highest BCUT2D eigenvalue weighted by atomic mass is 16.5. The second kappa shape index (κ2) is 3.02. The van der Waals surface area contributed by atoms with Gasteiger partial charge in [-0.1, -0.05) is 6.08 Å². The molecule has 0 aromatic heterocycles. The maximum Gasteiger partial charge on any atom is 0.114 e. The molecule has 4 rings (SSSR count). The van der Waals surface area contributed by atoms with E-state index in [-0.39, 0.29) is 5.60 Å². The van der Waals surface area contributed by atoms with Gasteiger partial charge in [0, 0.05) is 19.3 Å². The molecule has 4 saturated carbocycles. The third-order valence-corrected chi connectivity index (χ3v) is 4.41. The summed E-state index contributed by atoms with van der Waals surface area (Å²) in [6, 6.07) is 0. The van der Waals surface area contributed by atoms with E-state index in [1.165, 1.54) is 0 Å². The number of hydrogen-bond donors (Lipinski definition) is 2. The largest absolute Gasteiger partial charge is 0.495 e. The SMILES string of the molecule is CC=COC12CC3CC(O)(CC(O)(C3)C1)C2. The highest BCUT2D eigenvalue weighted by Gasteiger charge is 2.63. The minimum Gasteiger partial charge on any atom is -0.495 e. The van der Waals surface area contributed by atoms with Crippen molar-refractivity contribution in [3.63, 3.8) is 0 Å². The van der Waals surface area contributed by atoms with E-state index in [2.05, 4.69) is 0 Å². The summed E-state index contributed by atoms with van der Waals surface area (Å²) in [5.41, 5.74) is -1.68. The fourth-order valence-corrected chi connectivity index (χ4v) is 4.59. The molecule has 4 fully saturated rings. The van der Waals surface area contributed by atoms with Crippen molar-refractivity contribution < 1.29 is 14.9 Å². The van der Waals surface area contributed by atoms with Gasteiger partial charge in [-0.05, 0) is 32.1 Å². The molecular weight excluding hydrogens is 204 g/mol. The third kappa shape index (κ3) is 1.49. The van der Waals surface area contributed by atoms with E-state index in [4.69, 9.17) is 4.74 Å². The van der Waals surface area contributed by atoms with E-state index in [0.717, 1.165) is 19.3 Å². The molecule has 0 aliphatic heterocycles. The van der Waals surface area contributed by atoms with Crippen molar-refractivity contribution in [1.82, 2.24) is 0 Å². The molecule has 0 saturated heterocycles. The Morgan fingerprint density at radius 3 is 2.19 bits per heavy atom. The van der Waals surface area contributed by atoms with Gasteiger partial charge in [0.1, 0.15) is 5.60 Å². The van der Waals surface area contributed by atoms with Gasteiger partial charge in [0.2, 0.25) is 0 Å². The van der Waals surface area contributed by atoms with Crippen molar-refractivity contribution in [3.05, 3.63) is 12.3 Å². The molecule has 0 amide bonds. The van der Waals surface area contributed by atoms with E-state index in [9.17, 15) is 10.2 Å². The Hall–Kier alpha value is -0.540. The van der Waals surface area contributed by atoms with Gasteiger partial charge in [-0.25, -0.2) is 0 Å². The van der Waals surface area contributed by atoms with Gasteiger partial charge in [0.15, 0.2) is 0 Å². The quantitative estimate of drug-likeness (QED) is 0.702. The fraction of sp³-hybridized carbons (Fsp3) is 0.846. The Bertz CT molecular complexity index is 318. The molecule has 0 aromatic carbocycles. The van der Waals surface area contributed by atoms with Crippen molar-refractivity contribution in [3.8, 4) is 0 Å². The predicted molar refractivity (Wildman–Crippen MR) is 59.7 cm³/mol. The Balaban J connectivity index is 1.92. The third-order valence-electron chi connectivity index (χ3n) is 4.41. The first-order chi connectivity index (χ1) is 7.47. The van der Waals surface area contributed by atoms with Crippen molar-refractivity contribution in [1.29, 1.82) is 0 Å². The molecule has 0 aromatic rings. The van der Waals surface area contributed by atoms with Crippen LogP contribution >= 0.6 is 0 Å². The van der Waals surface area contributed by atoms with Gasteiger partial charge in [-0.2, -0.15) is 0 Å². The zero-order valence-electron chi connectivity index (χ0n) is 9.78. The van der Waals surface area contributed by atoms with Crippen LogP contribution in [0.25, 0.3) is 0 Å². The van der Waals surface area contributed by atoms with Gasteiger partial charge in [-0.15, -0.1) is 0 Å². The van der Waals surface area contributed by atoms with Crippen molar-refractivity contribution in [2.45, 2.75) is 62.3 Å². The summed E-state index contributed by atoms with van der Waals surface area (Å²) in [5, 5.41) is 20.9. The Morgan fingerprint density at radius 1 is 1.06 bits per heavy atom. The van der Waals surface area contributed by atoms with Crippen molar-refractivity contribution in [2.24, 2.45) is 5.92 Å². The van der Waals surface area contributed by atoms with Crippen LogP contribution in [-0.4, -0.2) is 27.0 Å². The van der Waals surface area contributed by atoms with Gasteiger partial charge in [0.25, 0.3) is 0 Å². The molecule has 4 bridgehead atoms. The van der Waals surface area contributed by atoms with E-state index >= 15 is 0 Å². The summed E-state index contributed by atoms with van der Waals surface area (Å²) in [7, 11) is 0. The van der Waals surface area contributed by atoms with Gasteiger partial charge in [-0.3, -0.25) is 0 Å². The molecule has 0 radical (unpaired) electrons. The summed E-state index contributed by atoms with van der Waals surface area (Å²) in [4.78, 5) is 0. The molecule has 90 valence electrons. The number of ether oxygens (including phenoxy) is 1. The molecule has 0 spiro atoms. The van der Waals surface area contributed by atoms with Crippen LogP contribution in [0.15, 0.2) is 12.3 Å². The summed E-state index contributed by atoms with van der Waals surface area (Å²) in [6.07, 6.45) is 8.16. The van der Waals surface area contributed by atoms with Crippen LogP contribution in [0.5, 0.6) is 0 Å². The first-order valence-corrected chi connectivity index (χ1v) is 6.20. The molecule has 2 N–H and O–H groups in total. The van der Waals surface area contributed by atoms with Crippen molar-refractivity contribution >= 4 is 0 Å². The van der Waals surface area contributed by atoms with Gasteiger partial charge in [0.05, 0.1) is 17.5 Å². The number of aliphatic hydroxyl groups is 2. The van der Waals surface area contributed by atoms with Crippen LogP contribution in [0.4, 0.5) is 0 Å². The minimum absolute atomic E-state index is 0.310. The lowest BCUT2D eigenvalue weighted by molar-refractivity contribution is -0.254. The van der Waals surface area contributed by atoms with Crippen LogP contribution in [0, 0.1) is 5.92 Å². The molecule has 4 aliphatic carbocycles.